The normalized spacial score (nSPS) is 16.0. The molecule has 1 atom stereocenters. The standard InChI is InChI=1S/C28H31N3O5S/c1-4-35-27(33)24-18-10-6-8-12-22(18)37-26(24)30-25(32)16(2)36-28(34)23-17-9-5-7-11-20(17)29-21-13-14-31(3)15-19(21)23/h5,7,9,11,16H,4,6,8,10,12-15H2,1-3H3,(H,30,32). The van der Waals surface area contributed by atoms with Gasteiger partial charge in [0, 0.05) is 41.0 Å². The number of benzene rings is 1. The number of ether oxygens (including phenoxy) is 2. The molecule has 3 heterocycles. The van der Waals surface area contributed by atoms with Gasteiger partial charge < -0.3 is 19.7 Å². The summed E-state index contributed by atoms with van der Waals surface area (Å²) in [6, 6.07) is 7.51. The average molecular weight is 522 g/mol. The Bertz CT molecular complexity index is 1380. The van der Waals surface area contributed by atoms with E-state index in [4.69, 9.17) is 14.5 Å². The highest BCUT2D eigenvalue weighted by Crippen LogP contribution is 2.39. The highest BCUT2D eigenvalue weighted by Gasteiger charge is 2.31. The summed E-state index contributed by atoms with van der Waals surface area (Å²) >= 11 is 1.41. The third-order valence-corrected chi connectivity index (χ3v) is 8.19. The number of rotatable bonds is 6. The second-order valence-corrected chi connectivity index (χ2v) is 10.7. The number of likely N-dealkylation sites (N-methyl/N-ethyl adjacent to an activating group) is 1. The molecule has 0 spiro atoms. The smallest absolute Gasteiger partial charge is 0.341 e. The molecular formula is C28H31N3O5S. The second kappa shape index (κ2) is 10.6. The molecule has 8 nitrogen and oxygen atoms in total. The largest absolute Gasteiger partial charge is 0.462 e. The fraction of sp³-hybridized carbons (Fsp3) is 0.429. The molecule has 3 aromatic rings. The number of esters is 2. The van der Waals surface area contributed by atoms with E-state index in [1.54, 1.807) is 13.8 Å². The third-order valence-electron chi connectivity index (χ3n) is 6.98. The van der Waals surface area contributed by atoms with Crippen molar-refractivity contribution < 1.29 is 23.9 Å². The number of aryl methyl sites for hydroxylation is 1. The maximum atomic E-state index is 13.5. The molecule has 5 rings (SSSR count). The van der Waals surface area contributed by atoms with E-state index in [9.17, 15) is 14.4 Å². The second-order valence-electron chi connectivity index (χ2n) is 9.59. The molecule has 1 N–H and O–H groups in total. The molecule has 1 aliphatic heterocycles. The van der Waals surface area contributed by atoms with Crippen LogP contribution in [0.3, 0.4) is 0 Å². The van der Waals surface area contributed by atoms with E-state index in [2.05, 4.69) is 10.2 Å². The molecule has 1 unspecified atom stereocenters. The number of nitrogens with zero attached hydrogens (tertiary/aromatic N) is 2. The van der Waals surface area contributed by atoms with Crippen molar-refractivity contribution in [2.75, 3.05) is 25.5 Å². The summed E-state index contributed by atoms with van der Waals surface area (Å²) in [6.45, 7) is 5.01. The lowest BCUT2D eigenvalue weighted by Gasteiger charge is -2.27. The number of anilines is 1. The molecule has 0 saturated heterocycles. The van der Waals surface area contributed by atoms with E-state index in [0.717, 1.165) is 65.9 Å². The minimum absolute atomic E-state index is 0.254. The van der Waals surface area contributed by atoms with Crippen molar-refractivity contribution in [2.24, 2.45) is 0 Å². The van der Waals surface area contributed by atoms with Gasteiger partial charge in [-0.1, -0.05) is 18.2 Å². The Balaban J connectivity index is 1.40. The van der Waals surface area contributed by atoms with E-state index < -0.39 is 23.9 Å². The van der Waals surface area contributed by atoms with Crippen LogP contribution in [0.2, 0.25) is 0 Å². The SMILES string of the molecule is CCOC(=O)c1c(NC(=O)C(C)OC(=O)c2c3c(nc4ccccc24)CCN(C)C3)sc2c1CCCC2. The number of amides is 1. The number of fused-ring (bicyclic) bond motifs is 3. The minimum atomic E-state index is -1.06. The molecule has 1 aliphatic carbocycles. The number of hydrogen-bond donors (Lipinski definition) is 1. The molecule has 0 radical (unpaired) electrons. The van der Waals surface area contributed by atoms with Crippen LogP contribution in [-0.4, -0.2) is 54.0 Å². The minimum Gasteiger partial charge on any atom is -0.462 e. The Hall–Kier alpha value is -3.30. The lowest BCUT2D eigenvalue weighted by Crippen LogP contribution is -2.32. The predicted molar refractivity (Wildman–Crippen MR) is 142 cm³/mol. The van der Waals surface area contributed by atoms with Crippen molar-refractivity contribution in [2.45, 2.75) is 58.6 Å². The topological polar surface area (TPSA) is 97.8 Å². The van der Waals surface area contributed by atoms with Gasteiger partial charge in [0.2, 0.25) is 0 Å². The number of carbonyl (C=O) groups excluding carboxylic acids is 3. The van der Waals surface area contributed by atoms with Crippen molar-refractivity contribution in [1.29, 1.82) is 0 Å². The van der Waals surface area contributed by atoms with E-state index in [-0.39, 0.29) is 6.61 Å². The first kappa shape index (κ1) is 25.4. The van der Waals surface area contributed by atoms with Crippen LogP contribution in [-0.2, 0) is 40.1 Å². The Morgan fingerprint density at radius 1 is 1.08 bits per heavy atom. The zero-order chi connectivity index (χ0) is 26.1. The Morgan fingerprint density at radius 3 is 2.68 bits per heavy atom. The van der Waals surface area contributed by atoms with E-state index in [1.807, 2.05) is 31.3 Å². The van der Waals surface area contributed by atoms with Crippen LogP contribution in [0.5, 0.6) is 0 Å². The summed E-state index contributed by atoms with van der Waals surface area (Å²) in [7, 11) is 2.01. The van der Waals surface area contributed by atoms with Crippen LogP contribution in [0.4, 0.5) is 5.00 Å². The van der Waals surface area contributed by atoms with Gasteiger partial charge in [0.15, 0.2) is 6.10 Å². The Labute approximate surface area is 220 Å². The first-order chi connectivity index (χ1) is 17.9. The maximum Gasteiger partial charge on any atom is 0.341 e. The average Bonchev–Trinajstić information content (AvgIpc) is 3.25. The number of aromatic nitrogens is 1. The maximum absolute atomic E-state index is 13.5. The van der Waals surface area contributed by atoms with Crippen LogP contribution < -0.4 is 5.32 Å². The predicted octanol–water partition coefficient (Wildman–Crippen LogP) is 4.52. The molecule has 1 amide bonds. The van der Waals surface area contributed by atoms with Gasteiger partial charge >= 0.3 is 11.9 Å². The Morgan fingerprint density at radius 2 is 1.86 bits per heavy atom. The zero-order valence-corrected chi connectivity index (χ0v) is 22.2. The van der Waals surface area contributed by atoms with Gasteiger partial charge in [-0.3, -0.25) is 9.78 Å². The number of thiophene rings is 1. The van der Waals surface area contributed by atoms with Crippen molar-refractivity contribution in [3.63, 3.8) is 0 Å². The summed E-state index contributed by atoms with van der Waals surface area (Å²) in [5.41, 5.74) is 4.34. The molecule has 194 valence electrons. The highest BCUT2D eigenvalue weighted by atomic mass is 32.1. The fourth-order valence-corrected chi connectivity index (χ4v) is 6.40. The summed E-state index contributed by atoms with van der Waals surface area (Å²) in [6.07, 6.45) is 3.39. The summed E-state index contributed by atoms with van der Waals surface area (Å²) in [5.74, 6) is -1.47. The molecule has 37 heavy (non-hydrogen) atoms. The molecule has 2 aliphatic rings. The van der Waals surface area contributed by atoms with Gasteiger partial charge in [0.25, 0.3) is 5.91 Å². The monoisotopic (exact) mass is 521 g/mol. The van der Waals surface area contributed by atoms with Crippen LogP contribution in [0.25, 0.3) is 10.9 Å². The van der Waals surface area contributed by atoms with Gasteiger partial charge in [0.1, 0.15) is 5.00 Å². The van der Waals surface area contributed by atoms with Crippen LogP contribution in [0, 0.1) is 0 Å². The molecule has 0 bridgehead atoms. The van der Waals surface area contributed by atoms with Crippen LogP contribution >= 0.6 is 11.3 Å². The quantitative estimate of drug-likeness (QED) is 0.476. The van der Waals surface area contributed by atoms with E-state index >= 15 is 0 Å². The van der Waals surface area contributed by atoms with Gasteiger partial charge in [-0.25, -0.2) is 9.59 Å². The number of hydrogen-bond acceptors (Lipinski definition) is 8. The van der Waals surface area contributed by atoms with Gasteiger partial charge in [-0.15, -0.1) is 11.3 Å². The van der Waals surface area contributed by atoms with E-state index in [1.165, 1.54) is 11.3 Å². The lowest BCUT2D eigenvalue weighted by molar-refractivity contribution is -0.123. The van der Waals surface area contributed by atoms with Crippen LogP contribution in [0.15, 0.2) is 24.3 Å². The number of carbonyl (C=O) groups is 3. The molecule has 9 heteroatoms. The number of para-hydroxylation sites is 1. The first-order valence-electron chi connectivity index (χ1n) is 12.8. The molecule has 0 fully saturated rings. The van der Waals surface area contributed by atoms with Crippen molar-refractivity contribution in [1.82, 2.24) is 9.88 Å². The molecular weight excluding hydrogens is 490 g/mol. The number of pyridine rings is 1. The van der Waals surface area contributed by atoms with Gasteiger partial charge in [-0.05, 0) is 58.2 Å². The molecule has 1 aromatic carbocycles. The highest BCUT2D eigenvalue weighted by molar-refractivity contribution is 7.17. The number of nitrogens with one attached hydrogen (secondary N) is 1. The van der Waals surface area contributed by atoms with Crippen molar-refractivity contribution in [3.05, 3.63) is 57.1 Å². The third kappa shape index (κ3) is 4.98. The first-order valence-corrected chi connectivity index (χ1v) is 13.6. The van der Waals surface area contributed by atoms with Gasteiger partial charge in [0.05, 0.1) is 23.3 Å². The zero-order valence-electron chi connectivity index (χ0n) is 21.4. The van der Waals surface area contributed by atoms with E-state index in [0.29, 0.717) is 28.1 Å². The van der Waals surface area contributed by atoms with Crippen molar-refractivity contribution in [3.8, 4) is 0 Å². The van der Waals surface area contributed by atoms with Gasteiger partial charge in [-0.2, -0.15) is 0 Å². The fourth-order valence-electron chi connectivity index (χ4n) is 5.12. The summed E-state index contributed by atoms with van der Waals surface area (Å²) in [5, 5.41) is 4.03. The summed E-state index contributed by atoms with van der Waals surface area (Å²) < 4.78 is 11.0. The Kier molecular flexibility index (Phi) is 7.26. The summed E-state index contributed by atoms with van der Waals surface area (Å²) in [4.78, 5) is 47.4. The molecule has 0 saturated carbocycles. The molecule has 2 aromatic heterocycles. The van der Waals surface area contributed by atoms with Crippen LogP contribution in [0.1, 0.15) is 69.1 Å². The van der Waals surface area contributed by atoms with Crippen molar-refractivity contribution >= 4 is 45.1 Å². The lowest BCUT2D eigenvalue weighted by atomic mass is 9.95.